The van der Waals surface area contributed by atoms with Gasteiger partial charge in [0.2, 0.25) is 0 Å². The lowest BCUT2D eigenvalue weighted by Crippen LogP contribution is -2.04. The first-order valence-corrected chi connectivity index (χ1v) is 5.08. The Hall–Kier alpha value is -1.82. The molecule has 2 N–H and O–H groups in total. The van der Waals surface area contributed by atoms with Gasteiger partial charge in [-0.2, -0.15) is 0 Å². The number of nitrogens with one attached hydrogen (secondary N) is 1. The number of carbonyl (C=O) groups is 1. The molecule has 5 nitrogen and oxygen atoms in total. The van der Waals surface area contributed by atoms with Crippen LogP contribution in [0.15, 0.2) is 28.3 Å². The summed E-state index contributed by atoms with van der Waals surface area (Å²) in [5.41, 5.74) is 1.54. The van der Waals surface area contributed by atoms with Crippen LogP contribution >= 0.6 is 11.3 Å². The van der Waals surface area contributed by atoms with Crippen LogP contribution in [-0.2, 0) is 6.54 Å². The average Bonchev–Trinajstić information content (AvgIpc) is 2.86. The molecule has 6 heteroatoms. The summed E-state index contributed by atoms with van der Waals surface area (Å²) in [6.07, 6.45) is 1.57. The first-order chi connectivity index (χ1) is 7.27. The largest absolute Gasteiger partial charge is 0.476 e. The predicted molar refractivity (Wildman–Crippen MR) is 55.1 cm³/mol. The van der Waals surface area contributed by atoms with Crippen molar-refractivity contribution in [1.29, 1.82) is 0 Å². The normalized spacial score (nSPS) is 10.1. The lowest BCUT2D eigenvalue weighted by atomic mass is 10.4. The van der Waals surface area contributed by atoms with Crippen LogP contribution in [0.25, 0.3) is 0 Å². The molecule has 2 rings (SSSR count). The number of furan rings is 1. The minimum absolute atomic E-state index is 0.0477. The minimum atomic E-state index is -1.03. The fourth-order valence-electron chi connectivity index (χ4n) is 1.10. The van der Waals surface area contributed by atoms with E-state index in [9.17, 15) is 4.79 Å². The summed E-state index contributed by atoms with van der Waals surface area (Å²) in [6, 6.07) is 3.59. The zero-order chi connectivity index (χ0) is 10.7. The molecule has 0 bridgehead atoms. The summed E-state index contributed by atoms with van der Waals surface area (Å²) >= 11 is 1.26. The number of carboxylic acids is 1. The van der Waals surface area contributed by atoms with Gasteiger partial charge < -0.3 is 14.8 Å². The molecular formula is C9H8N2O3S. The Bertz CT molecular complexity index is 450. The van der Waals surface area contributed by atoms with E-state index in [1.807, 2.05) is 6.07 Å². The third kappa shape index (κ3) is 2.16. The van der Waals surface area contributed by atoms with Gasteiger partial charge in [-0.15, -0.1) is 11.3 Å². The van der Waals surface area contributed by atoms with Crippen molar-refractivity contribution in [1.82, 2.24) is 4.98 Å². The van der Waals surface area contributed by atoms with Crippen molar-refractivity contribution >= 4 is 22.3 Å². The van der Waals surface area contributed by atoms with Crippen molar-refractivity contribution in [2.24, 2.45) is 0 Å². The lowest BCUT2D eigenvalue weighted by molar-refractivity contribution is 0.0692. The zero-order valence-electron chi connectivity index (χ0n) is 7.64. The molecule has 2 heterocycles. The van der Waals surface area contributed by atoms with Gasteiger partial charge in [0.1, 0.15) is 10.8 Å². The summed E-state index contributed by atoms with van der Waals surface area (Å²) in [6.45, 7) is 0.454. The Morgan fingerprint density at radius 3 is 3.20 bits per heavy atom. The number of anilines is 1. The van der Waals surface area contributed by atoms with Gasteiger partial charge in [-0.1, -0.05) is 0 Å². The molecule has 2 aromatic heterocycles. The molecule has 2 aromatic rings. The first kappa shape index (κ1) is 9.72. The van der Waals surface area contributed by atoms with E-state index in [1.54, 1.807) is 12.3 Å². The highest BCUT2D eigenvalue weighted by Crippen LogP contribution is 2.20. The van der Waals surface area contributed by atoms with Crippen LogP contribution in [0.4, 0.5) is 5.00 Å². The van der Waals surface area contributed by atoms with Crippen LogP contribution < -0.4 is 5.32 Å². The molecule has 0 saturated carbocycles. The maximum absolute atomic E-state index is 10.7. The topological polar surface area (TPSA) is 75.4 Å². The molecule has 15 heavy (non-hydrogen) atoms. The summed E-state index contributed by atoms with van der Waals surface area (Å²) in [4.78, 5) is 14.5. The summed E-state index contributed by atoms with van der Waals surface area (Å²) in [7, 11) is 0. The van der Waals surface area contributed by atoms with Gasteiger partial charge in [0.25, 0.3) is 0 Å². The number of hydrogen-bond acceptors (Lipinski definition) is 5. The number of aromatic nitrogens is 1. The Kier molecular flexibility index (Phi) is 2.68. The van der Waals surface area contributed by atoms with Crippen LogP contribution in [0.5, 0.6) is 0 Å². The molecule has 78 valence electrons. The number of aromatic carboxylic acids is 1. The third-order valence-corrected chi connectivity index (χ3v) is 2.56. The summed E-state index contributed by atoms with van der Waals surface area (Å²) in [5.74, 6) is -0.280. The van der Waals surface area contributed by atoms with E-state index < -0.39 is 5.97 Å². The molecule has 0 fully saturated rings. The first-order valence-electron chi connectivity index (χ1n) is 4.20. The highest BCUT2D eigenvalue weighted by Gasteiger charge is 2.12. The maximum atomic E-state index is 10.7. The monoisotopic (exact) mass is 224 g/mol. The Balaban J connectivity index is 2.05. The number of nitrogens with zero attached hydrogens (tertiary/aromatic N) is 1. The molecule has 0 amide bonds. The third-order valence-electron chi connectivity index (χ3n) is 1.77. The summed E-state index contributed by atoms with van der Waals surface area (Å²) < 4.78 is 5.11. The van der Waals surface area contributed by atoms with E-state index in [4.69, 9.17) is 9.52 Å². The second-order valence-electron chi connectivity index (χ2n) is 2.77. The molecule has 0 saturated heterocycles. The Morgan fingerprint density at radius 2 is 2.53 bits per heavy atom. The smallest absolute Gasteiger partial charge is 0.357 e. The number of hydrogen-bond donors (Lipinski definition) is 2. The van der Waals surface area contributed by atoms with Crippen molar-refractivity contribution in [2.45, 2.75) is 6.54 Å². The second-order valence-corrected chi connectivity index (χ2v) is 3.62. The SMILES string of the molecule is O=C(O)c1ncsc1NCc1ccco1. The Labute approximate surface area is 89.4 Å². The Morgan fingerprint density at radius 1 is 1.67 bits per heavy atom. The molecule has 0 aliphatic heterocycles. The summed E-state index contributed by atoms with van der Waals surface area (Å²) in [5, 5.41) is 12.3. The van der Waals surface area contributed by atoms with Crippen molar-refractivity contribution in [2.75, 3.05) is 5.32 Å². The molecule has 0 aliphatic rings. The highest BCUT2D eigenvalue weighted by atomic mass is 32.1. The molecule has 0 radical (unpaired) electrons. The minimum Gasteiger partial charge on any atom is -0.476 e. The van der Waals surface area contributed by atoms with Crippen LogP contribution in [-0.4, -0.2) is 16.1 Å². The molecule has 0 unspecified atom stereocenters. The van der Waals surface area contributed by atoms with Crippen LogP contribution in [0, 0.1) is 0 Å². The van der Waals surface area contributed by atoms with Gasteiger partial charge in [0.05, 0.1) is 18.3 Å². The molecular weight excluding hydrogens is 216 g/mol. The molecule has 0 spiro atoms. The molecule has 0 aromatic carbocycles. The number of rotatable bonds is 4. The molecule has 0 atom stereocenters. The van der Waals surface area contributed by atoms with Gasteiger partial charge in [-0.25, -0.2) is 9.78 Å². The standard InChI is InChI=1S/C9H8N2O3S/c12-9(13)7-8(15-5-11-7)10-4-6-2-1-3-14-6/h1-3,5,10H,4H2,(H,12,13). The van der Waals surface area contributed by atoms with Crippen molar-refractivity contribution < 1.29 is 14.3 Å². The van der Waals surface area contributed by atoms with E-state index in [-0.39, 0.29) is 5.69 Å². The van der Waals surface area contributed by atoms with E-state index >= 15 is 0 Å². The van der Waals surface area contributed by atoms with E-state index in [1.165, 1.54) is 16.8 Å². The van der Waals surface area contributed by atoms with E-state index in [0.29, 0.717) is 11.5 Å². The van der Waals surface area contributed by atoms with Crippen molar-refractivity contribution in [3.05, 3.63) is 35.4 Å². The second kappa shape index (κ2) is 4.14. The van der Waals surface area contributed by atoms with Crippen LogP contribution in [0.3, 0.4) is 0 Å². The average molecular weight is 224 g/mol. The fourth-order valence-corrected chi connectivity index (χ4v) is 1.78. The van der Waals surface area contributed by atoms with E-state index in [0.717, 1.165) is 5.76 Å². The number of carboxylic acid groups (broad SMARTS) is 1. The lowest BCUT2D eigenvalue weighted by Gasteiger charge is -2.01. The highest BCUT2D eigenvalue weighted by molar-refractivity contribution is 7.14. The van der Waals surface area contributed by atoms with Crippen molar-refractivity contribution in [3.8, 4) is 0 Å². The van der Waals surface area contributed by atoms with E-state index in [2.05, 4.69) is 10.3 Å². The quantitative estimate of drug-likeness (QED) is 0.831. The number of thiazole rings is 1. The van der Waals surface area contributed by atoms with Gasteiger partial charge in [-0.3, -0.25) is 0 Å². The van der Waals surface area contributed by atoms with Gasteiger partial charge in [-0.05, 0) is 12.1 Å². The zero-order valence-corrected chi connectivity index (χ0v) is 8.45. The van der Waals surface area contributed by atoms with Crippen LogP contribution in [0.2, 0.25) is 0 Å². The maximum Gasteiger partial charge on any atom is 0.357 e. The van der Waals surface area contributed by atoms with Gasteiger partial charge in [0.15, 0.2) is 5.69 Å². The van der Waals surface area contributed by atoms with Crippen LogP contribution in [0.1, 0.15) is 16.2 Å². The fraction of sp³-hybridized carbons (Fsp3) is 0.111. The predicted octanol–water partition coefficient (Wildman–Crippen LogP) is 2.05. The van der Waals surface area contributed by atoms with Gasteiger partial charge in [0, 0.05) is 0 Å². The molecule has 0 aliphatic carbocycles. The van der Waals surface area contributed by atoms with Gasteiger partial charge >= 0.3 is 5.97 Å². The van der Waals surface area contributed by atoms with Crippen molar-refractivity contribution in [3.63, 3.8) is 0 Å².